The highest BCUT2D eigenvalue weighted by molar-refractivity contribution is 8.00. The second-order valence-electron chi connectivity index (χ2n) is 5.98. The van der Waals surface area contributed by atoms with Gasteiger partial charge in [-0.3, -0.25) is 0 Å². The third-order valence-corrected chi connectivity index (χ3v) is 4.63. The van der Waals surface area contributed by atoms with Crippen LogP contribution in [-0.4, -0.2) is 4.75 Å². The SMILES string of the molecule is Cc1c(C(F)(F)F)c(=O)oc2c(F)c(SC(C)(C)C)c(Cl)cc12. The van der Waals surface area contributed by atoms with Gasteiger partial charge in [0.25, 0.3) is 0 Å². The second-order valence-corrected chi connectivity index (χ2v) is 8.22. The van der Waals surface area contributed by atoms with Crippen molar-refractivity contribution in [3.63, 3.8) is 0 Å². The highest BCUT2D eigenvalue weighted by Gasteiger charge is 2.38. The Balaban J connectivity index is 2.86. The summed E-state index contributed by atoms with van der Waals surface area (Å²) in [5.74, 6) is -0.929. The fourth-order valence-corrected chi connectivity index (χ4v) is 3.38. The summed E-state index contributed by atoms with van der Waals surface area (Å²) in [6.07, 6.45) is -4.89. The van der Waals surface area contributed by atoms with Gasteiger partial charge in [-0.2, -0.15) is 13.2 Å². The maximum Gasteiger partial charge on any atom is 0.423 e. The third kappa shape index (κ3) is 3.50. The van der Waals surface area contributed by atoms with E-state index in [0.717, 1.165) is 18.7 Å². The van der Waals surface area contributed by atoms with E-state index in [1.165, 1.54) is 6.07 Å². The Morgan fingerprint density at radius 1 is 1.22 bits per heavy atom. The van der Waals surface area contributed by atoms with E-state index in [2.05, 4.69) is 4.42 Å². The molecule has 0 aliphatic rings. The maximum atomic E-state index is 14.6. The monoisotopic (exact) mass is 368 g/mol. The second kappa shape index (κ2) is 5.70. The number of hydrogen-bond acceptors (Lipinski definition) is 3. The summed E-state index contributed by atoms with van der Waals surface area (Å²) in [7, 11) is 0. The molecule has 0 aliphatic heterocycles. The van der Waals surface area contributed by atoms with E-state index in [9.17, 15) is 22.4 Å². The van der Waals surface area contributed by atoms with E-state index in [1.54, 1.807) is 0 Å². The minimum Gasteiger partial charge on any atom is -0.419 e. The van der Waals surface area contributed by atoms with Crippen LogP contribution in [0, 0.1) is 12.7 Å². The molecular weight excluding hydrogens is 356 g/mol. The molecule has 0 spiro atoms. The van der Waals surface area contributed by atoms with Crippen LogP contribution < -0.4 is 5.63 Å². The molecular formula is C15H13ClF4O2S. The summed E-state index contributed by atoms with van der Waals surface area (Å²) in [5.41, 5.74) is -3.99. The van der Waals surface area contributed by atoms with Crippen LogP contribution in [0.3, 0.4) is 0 Å². The Hall–Kier alpha value is -1.21. The van der Waals surface area contributed by atoms with Crippen LogP contribution in [0.25, 0.3) is 11.0 Å². The number of alkyl halides is 3. The Morgan fingerprint density at radius 3 is 2.26 bits per heavy atom. The van der Waals surface area contributed by atoms with E-state index in [4.69, 9.17) is 11.6 Å². The first-order valence-corrected chi connectivity index (χ1v) is 7.74. The van der Waals surface area contributed by atoms with Crippen LogP contribution in [-0.2, 0) is 6.18 Å². The van der Waals surface area contributed by atoms with Gasteiger partial charge in [-0.15, -0.1) is 11.8 Å². The van der Waals surface area contributed by atoms with Gasteiger partial charge in [0.15, 0.2) is 11.4 Å². The first kappa shape index (κ1) is 18.1. The lowest BCUT2D eigenvalue weighted by atomic mass is 10.1. The molecule has 0 radical (unpaired) electrons. The van der Waals surface area contributed by atoms with Crippen molar-refractivity contribution in [1.29, 1.82) is 0 Å². The van der Waals surface area contributed by atoms with Crippen LogP contribution >= 0.6 is 23.4 Å². The highest BCUT2D eigenvalue weighted by Crippen LogP contribution is 2.42. The van der Waals surface area contributed by atoms with Crippen molar-refractivity contribution in [3.05, 3.63) is 38.5 Å². The molecule has 0 amide bonds. The van der Waals surface area contributed by atoms with Gasteiger partial charge in [-0.1, -0.05) is 32.4 Å². The van der Waals surface area contributed by atoms with Crippen molar-refractivity contribution in [3.8, 4) is 0 Å². The quantitative estimate of drug-likeness (QED) is 0.362. The van der Waals surface area contributed by atoms with Crippen LogP contribution in [0.1, 0.15) is 31.9 Å². The summed E-state index contributed by atoms with van der Waals surface area (Å²) < 4.78 is 57.7. The Bertz CT molecular complexity index is 835. The molecule has 0 N–H and O–H groups in total. The Kier molecular flexibility index (Phi) is 4.50. The lowest BCUT2D eigenvalue weighted by Crippen LogP contribution is -2.20. The fraction of sp³-hybridized carbons (Fsp3) is 0.400. The van der Waals surface area contributed by atoms with Crippen molar-refractivity contribution in [2.45, 2.75) is 43.5 Å². The molecule has 2 nitrogen and oxygen atoms in total. The number of halogens is 5. The zero-order valence-electron chi connectivity index (χ0n) is 12.7. The minimum absolute atomic E-state index is 0.0278. The third-order valence-electron chi connectivity index (χ3n) is 3.00. The molecule has 126 valence electrons. The number of fused-ring (bicyclic) bond motifs is 1. The number of aryl methyl sites for hydroxylation is 1. The van der Waals surface area contributed by atoms with Gasteiger partial charge in [-0.25, -0.2) is 9.18 Å². The smallest absolute Gasteiger partial charge is 0.419 e. The molecule has 1 heterocycles. The summed E-state index contributed by atoms with van der Waals surface area (Å²) in [6, 6.07) is 1.20. The van der Waals surface area contributed by atoms with Crippen molar-refractivity contribution < 1.29 is 22.0 Å². The average Bonchev–Trinajstić information content (AvgIpc) is 2.33. The largest absolute Gasteiger partial charge is 0.423 e. The van der Waals surface area contributed by atoms with Crippen LogP contribution in [0.15, 0.2) is 20.2 Å². The van der Waals surface area contributed by atoms with E-state index in [-0.39, 0.29) is 20.1 Å². The maximum absolute atomic E-state index is 14.6. The summed E-state index contributed by atoms with van der Waals surface area (Å²) >= 11 is 7.13. The van der Waals surface area contributed by atoms with Crippen LogP contribution in [0.4, 0.5) is 17.6 Å². The van der Waals surface area contributed by atoms with Crippen molar-refractivity contribution in [1.82, 2.24) is 0 Å². The van der Waals surface area contributed by atoms with Crippen molar-refractivity contribution >= 4 is 34.3 Å². The van der Waals surface area contributed by atoms with Gasteiger partial charge >= 0.3 is 11.8 Å². The van der Waals surface area contributed by atoms with Crippen LogP contribution in [0.2, 0.25) is 5.02 Å². The van der Waals surface area contributed by atoms with Gasteiger partial charge < -0.3 is 4.42 Å². The molecule has 2 aromatic rings. The fourth-order valence-electron chi connectivity index (χ4n) is 2.12. The first-order valence-electron chi connectivity index (χ1n) is 6.54. The Labute approximate surface area is 138 Å². The lowest BCUT2D eigenvalue weighted by Gasteiger charge is -2.20. The van der Waals surface area contributed by atoms with Gasteiger partial charge in [-0.05, 0) is 18.6 Å². The number of thioether (sulfide) groups is 1. The van der Waals surface area contributed by atoms with E-state index >= 15 is 0 Å². The van der Waals surface area contributed by atoms with Crippen molar-refractivity contribution in [2.24, 2.45) is 0 Å². The van der Waals surface area contributed by atoms with E-state index in [1.807, 2.05) is 20.8 Å². The molecule has 0 bridgehead atoms. The molecule has 0 fully saturated rings. The highest BCUT2D eigenvalue weighted by atomic mass is 35.5. The molecule has 1 aromatic carbocycles. The summed E-state index contributed by atoms with van der Waals surface area (Å²) in [4.78, 5) is 11.7. The van der Waals surface area contributed by atoms with E-state index < -0.39 is 34.3 Å². The van der Waals surface area contributed by atoms with E-state index in [0.29, 0.717) is 0 Å². The molecule has 0 saturated heterocycles. The topological polar surface area (TPSA) is 30.2 Å². The van der Waals surface area contributed by atoms with Crippen molar-refractivity contribution in [2.75, 3.05) is 0 Å². The number of rotatable bonds is 1. The molecule has 2 rings (SSSR count). The summed E-state index contributed by atoms with van der Waals surface area (Å²) in [6.45, 7) is 6.57. The van der Waals surface area contributed by atoms with Crippen LogP contribution in [0.5, 0.6) is 0 Å². The molecule has 0 saturated carbocycles. The molecule has 0 aliphatic carbocycles. The molecule has 0 atom stereocenters. The Morgan fingerprint density at radius 2 is 1.78 bits per heavy atom. The molecule has 23 heavy (non-hydrogen) atoms. The average molecular weight is 369 g/mol. The lowest BCUT2D eigenvalue weighted by molar-refractivity contribution is -0.140. The number of benzene rings is 1. The van der Waals surface area contributed by atoms with Gasteiger partial charge in [0, 0.05) is 10.1 Å². The normalized spacial score (nSPS) is 12.9. The minimum atomic E-state index is -4.89. The zero-order chi connectivity index (χ0) is 17.7. The number of hydrogen-bond donors (Lipinski definition) is 0. The van der Waals surface area contributed by atoms with Gasteiger partial charge in [0.05, 0.1) is 9.92 Å². The molecule has 1 aromatic heterocycles. The van der Waals surface area contributed by atoms with Gasteiger partial charge in [0.1, 0.15) is 5.56 Å². The predicted molar refractivity (Wildman–Crippen MR) is 82.8 cm³/mol. The predicted octanol–water partition coefficient (Wildman–Crippen LogP) is 5.80. The molecule has 0 unspecified atom stereocenters. The van der Waals surface area contributed by atoms with Gasteiger partial charge in [0.2, 0.25) is 0 Å². The standard InChI is InChI=1S/C15H13ClF4O2S/c1-6-7-5-8(16)12(23-14(2,3)4)10(17)11(7)22-13(21)9(6)15(18,19)20/h5H,1-4H3. The zero-order valence-corrected chi connectivity index (χ0v) is 14.3. The first-order chi connectivity index (χ1) is 10.3. The molecule has 8 heteroatoms. The summed E-state index contributed by atoms with van der Waals surface area (Å²) in [5, 5.41) is -0.197.